The van der Waals surface area contributed by atoms with Crippen molar-refractivity contribution in [2.45, 2.75) is 12.8 Å². The van der Waals surface area contributed by atoms with Crippen LogP contribution in [0.4, 0.5) is 11.4 Å². The summed E-state index contributed by atoms with van der Waals surface area (Å²) in [5.41, 5.74) is 13.1. The molecule has 1 aromatic carbocycles. The van der Waals surface area contributed by atoms with Crippen molar-refractivity contribution >= 4 is 17.3 Å². The second kappa shape index (κ2) is 5.93. The first kappa shape index (κ1) is 13.7. The first-order chi connectivity index (χ1) is 9.11. The molecule has 5 heteroatoms. The molecule has 1 aliphatic heterocycles. The summed E-state index contributed by atoms with van der Waals surface area (Å²) in [6.45, 7) is 2.63. The van der Waals surface area contributed by atoms with E-state index in [9.17, 15) is 4.79 Å². The Morgan fingerprint density at radius 1 is 1.42 bits per heavy atom. The summed E-state index contributed by atoms with van der Waals surface area (Å²) in [7, 11) is 1.73. The fourth-order valence-corrected chi connectivity index (χ4v) is 2.60. The van der Waals surface area contributed by atoms with Crippen molar-refractivity contribution in [3.8, 4) is 0 Å². The van der Waals surface area contributed by atoms with Crippen LogP contribution in [-0.4, -0.2) is 32.7 Å². The fraction of sp³-hybridized carbons (Fsp3) is 0.500. The highest BCUT2D eigenvalue weighted by molar-refractivity contribution is 5.99. The molecule has 1 aliphatic rings. The van der Waals surface area contributed by atoms with E-state index < -0.39 is 5.91 Å². The molecule has 5 nitrogen and oxygen atoms in total. The van der Waals surface area contributed by atoms with E-state index in [1.807, 2.05) is 12.1 Å². The number of benzene rings is 1. The summed E-state index contributed by atoms with van der Waals surface area (Å²) in [5.74, 6) is 0.174. The third kappa shape index (κ3) is 3.17. The SMILES string of the molecule is COCC1CCN(c2ccc(N)cc2C(N)=O)CC1. The second-order valence-electron chi connectivity index (χ2n) is 5.03. The molecule has 104 valence electrons. The molecule has 0 unspecified atom stereocenters. The maximum absolute atomic E-state index is 11.5. The van der Waals surface area contributed by atoms with Crippen molar-refractivity contribution in [1.82, 2.24) is 0 Å². The maximum Gasteiger partial charge on any atom is 0.250 e. The number of carbonyl (C=O) groups excluding carboxylic acids is 1. The van der Waals surface area contributed by atoms with Crippen LogP contribution in [0.5, 0.6) is 0 Å². The number of hydrogen-bond acceptors (Lipinski definition) is 4. The van der Waals surface area contributed by atoms with Crippen LogP contribution >= 0.6 is 0 Å². The number of piperidine rings is 1. The molecule has 0 atom stereocenters. The second-order valence-corrected chi connectivity index (χ2v) is 5.03. The molecule has 1 amide bonds. The van der Waals surface area contributed by atoms with Crippen LogP contribution in [-0.2, 0) is 4.74 Å². The number of amides is 1. The quantitative estimate of drug-likeness (QED) is 0.801. The van der Waals surface area contributed by atoms with Gasteiger partial charge in [-0.25, -0.2) is 0 Å². The van der Waals surface area contributed by atoms with Crippen molar-refractivity contribution in [1.29, 1.82) is 0 Å². The molecule has 0 aliphatic carbocycles. The number of nitrogens with two attached hydrogens (primary N) is 2. The Morgan fingerprint density at radius 3 is 2.68 bits per heavy atom. The van der Waals surface area contributed by atoms with Crippen LogP contribution in [0.15, 0.2) is 18.2 Å². The zero-order valence-corrected chi connectivity index (χ0v) is 11.3. The molecular formula is C14H21N3O2. The minimum atomic E-state index is -0.429. The van der Waals surface area contributed by atoms with E-state index in [-0.39, 0.29) is 0 Å². The highest BCUT2D eigenvalue weighted by Crippen LogP contribution is 2.27. The molecule has 19 heavy (non-hydrogen) atoms. The molecule has 1 aromatic rings. The molecule has 0 saturated carbocycles. The van der Waals surface area contributed by atoms with Gasteiger partial charge in [0.25, 0.3) is 5.91 Å². The van der Waals surface area contributed by atoms with E-state index in [4.69, 9.17) is 16.2 Å². The molecule has 1 heterocycles. The number of nitrogens with zero attached hydrogens (tertiary/aromatic N) is 1. The third-order valence-electron chi connectivity index (χ3n) is 3.64. The zero-order chi connectivity index (χ0) is 13.8. The Morgan fingerprint density at radius 2 is 2.11 bits per heavy atom. The summed E-state index contributed by atoms with van der Waals surface area (Å²) in [6, 6.07) is 5.34. The topological polar surface area (TPSA) is 81.6 Å². The van der Waals surface area contributed by atoms with Crippen LogP contribution in [0.25, 0.3) is 0 Å². The Balaban J connectivity index is 2.13. The molecule has 0 aromatic heterocycles. The average Bonchev–Trinajstić information content (AvgIpc) is 2.40. The first-order valence-corrected chi connectivity index (χ1v) is 6.55. The van der Waals surface area contributed by atoms with Crippen LogP contribution in [0, 0.1) is 5.92 Å². The van der Waals surface area contributed by atoms with Crippen molar-refractivity contribution in [2.24, 2.45) is 11.7 Å². The number of ether oxygens (including phenoxy) is 1. The van der Waals surface area contributed by atoms with Gasteiger partial charge in [0, 0.05) is 38.2 Å². The number of hydrogen-bond donors (Lipinski definition) is 2. The lowest BCUT2D eigenvalue weighted by atomic mass is 9.96. The van der Waals surface area contributed by atoms with E-state index in [0.29, 0.717) is 17.2 Å². The van der Waals surface area contributed by atoms with Crippen LogP contribution in [0.2, 0.25) is 0 Å². The lowest BCUT2D eigenvalue weighted by Crippen LogP contribution is -2.36. The van der Waals surface area contributed by atoms with Gasteiger partial charge in [-0.3, -0.25) is 4.79 Å². The minimum absolute atomic E-state index is 0.429. The van der Waals surface area contributed by atoms with E-state index in [1.165, 1.54) is 0 Å². The summed E-state index contributed by atoms with van der Waals surface area (Å²) in [6.07, 6.45) is 2.13. The Kier molecular flexibility index (Phi) is 4.27. The lowest BCUT2D eigenvalue weighted by Gasteiger charge is -2.34. The molecule has 1 fully saturated rings. The van der Waals surface area contributed by atoms with Gasteiger partial charge in [-0.15, -0.1) is 0 Å². The van der Waals surface area contributed by atoms with Gasteiger partial charge in [0.2, 0.25) is 0 Å². The normalized spacial score (nSPS) is 16.6. The zero-order valence-electron chi connectivity index (χ0n) is 11.3. The minimum Gasteiger partial charge on any atom is -0.399 e. The van der Waals surface area contributed by atoms with Crippen LogP contribution in [0.1, 0.15) is 23.2 Å². The number of methoxy groups -OCH3 is 1. The number of nitrogen functional groups attached to an aromatic ring is 1. The average molecular weight is 263 g/mol. The summed E-state index contributed by atoms with van der Waals surface area (Å²) in [4.78, 5) is 13.7. The Labute approximate surface area is 113 Å². The van der Waals surface area contributed by atoms with E-state index in [1.54, 1.807) is 13.2 Å². The molecular weight excluding hydrogens is 242 g/mol. The molecule has 1 saturated heterocycles. The predicted octanol–water partition coefficient (Wildman–Crippen LogP) is 1.23. The van der Waals surface area contributed by atoms with Gasteiger partial charge in [-0.2, -0.15) is 0 Å². The van der Waals surface area contributed by atoms with E-state index in [2.05, 4.69) is 4.90 Å². The van der Waals surface area contributed by atoms with Gasteiger partial charge in [0.15, 0.2) is 0 Å². The number of primary amides is 1. The Bertz CT molecular complexity index is 454. The maximum atomic E-state index is 11.5. The van der Waals surface area contributed by atoms with Crippen LogP contribution in [0.3, 0.4) is 0 Å². The standard InChI is InChI=1S/C14H21N3O2/c1-19-9-10-4-6-17(7-5-10)13-3-2-11(15)8-12(13)14(16)18/h2-3,8,10H,4-7,9,15H2,1H3,(H2,16,18). The van der Waals surface area contributed by atoms with Gasteiger partial charge in [0.05, 0.1) is 5.56 Å². The van der Waals surface area contributed by atoms with Crippen LogP contribution < -0.4 is 16.4 Å². The monoisotopic (exact) mass is 263 g/mol. The predicted molar refractivity (Wildman–Crippen MR) is 76.2 cm³/mol. The highest BCUT2D eigenvalue weighted by Gasteiger charge is 2.22. The molecule has 0 spiro atoms. The molecule has 4 N–H and O–H groups in total. The van der Waals surface area contributed by atoms with Crippen molar-refractivity contribution in [3.63, 3.8) is 0 Å². The number of rotatable bonds is 4. The van der Waals surface area contributed by atoms with Gasteiger partial charge < -0.3 is 21.1 Å². The van der Waals surface area contributed by atoms with E-state index >= 15 is 0 Å². The van der Waals surface area contributed by atoms with Gasteiger partial charge >= 0.3 is 0 Å². The largest absolute Gasteiger partial charge is 0.399 e. The summed E-state index contributed by atoms with van der Waals surface area (Å²) in [5, 5.41) is 0. The smallest absolute Gasteiger partial charge is 0.250 e. The first-order valence-electron chi connectivity index (χ1n) is 6.55. The van der Waals surface area contributed by atoms with E-state index in [0.717, 1.165) is 38.2 Å². The van der Waals surface area contributed by atoms with Gasteiger partial charge in [0.1, 0.15) is 0 Å². The number of anilines is 2. The summed E-state index contributed by atoms with van der Waals surface area (Å²) < 4.78 is 5.19. The fourth-order valence-electron chi connectivity index (χ4n) is 2.60. The lowest BCUT2D eigenvalue weighted by molar-refractivity contribution is 0.100. The van der Waals surface area contributed by atoms with Gasteiger partial charge in [-0.1, -0.05) is 0 Å². The third-order valence-corrected chi connectivity index (χ3v) is 3.64. The summed E-state index contributed by atoms with van der Waals surface area (Å²) >= 11 is 0. The van der Waals surface area contributed by atoms with Crippen molar-refractivity contribution in [2.75, 3.05) is 37.4 Å². The van der Waals surface area contributed by atoms with Crippen molar-refractivity contribution in [3.05, 3.63) is 23.8 Å². The van der Waals surface area contributed by atoms with Crippen molar-refractivity contribution < 1.29 is 9.53 Å². The number of carbonyl (C=O) groups is 1. The highest BCUT2D eigenvalue weighted by atomic mass is 16.5. The molecule has 0 bridgehead atoms. The van der Waals surface area contributed by atoms with Gasteiger partial charge in [-0.05, 0) is 37.0 Å². The Hall–Kier alpha value is -1.75. The molecule has 0 radical (unpaired) electrons. The molecule has 2 rings (SSSR count).